The first-order chi connectivity index (χ1) is 23.1. The molecule has 0 aromatic heterocycles. The van der Waals surface area contributed by atoms with Crippen LogP contribution in [0.15, 0.2) is 36.4 Å². The molecule has 0 saturated carbocycles. The van der Waals surface area contributed by atoms with Gasteiger partial charge in [-0.2, -0.15) is 0 Å². The molecule has 5 N–H and O–H groups in total. The summed E-state index contributed by atoms with van der Waals surface area (Å²) in [6.45, 7) is 7.14. The van der Waals surface area contributed by atoms with Crippen molar-refractivity contribution in [1.29, 1.82) is 0 Å². The lowest BCUT2D eigenvalue weighted by atomic mass is 9.93. The molecule has 49 heavy (non-hydrogen) atoms. The van der Waals surface area contributed by atoms with Crippen molar-refractivity contribution in [1.82, 2.24) is 20.9 Å². The third-order valence-corrected chi connectivity index (χ3v) is 8.00. The normalized spacial score (nSPS) is 18.5. The first-order valence-electron chi connectivity index (χ1n) is 16.1. The number of hydrogen-bond acceptors (Lipinski definition) is 10. The van der Waals surface area contributed by atoms with Gasteiger partial charge in [0.2, 0.25) is 17.7 Å². The zero-order valence-electron chi connectivity index (χ0n) is 29.5. The molecule has 3 rings (SSSR count). The van der Waals surface area contributed by atoms with E-state index in [4.69, 9.17) is 24.7 Å². The predicted octanol–water partition coefficient (Wildman–Crippen LogP) is 2.61. The van der Waals surface area contributed by atoms with Crippen LogP contribution in [0.3, 0.4) is 0 Å². The van der Waals surface area contributed by atoms with Crippen molar-refractivity contribution in [2.75, 3.05) is 34.9 Å². The third kappa shape index (κ3) is 10.3. The summed E-state index contributed by atoms with van der Waals surface area (Å²) in [7, 11) is 5.73. The van der Waals surface area contributed by atoms with Crippen molar-refractivity contribution in [2.45, 2.75) is 83.1 Å². The summed E-state index contributed by atoms with van der Waals surface area (Å²) in [6.07, 6.45) is 0.940. The van der Waals surface area contributed by atoms with Gasteiger partial charge in [-0.05, 0) is 82.3 Å². The number of nitrogens with one attached hydrogen (secondary N) is 3. The second kappa shape index (κ2) is 17.0. The summed E-state index contributed by atoms with van der Waals surface area (Å²) in [6, 6.07) is 6.13. The van der Waals surface area contributed by atoms with Gasteiger partial charge in [0.1, 0.15) is 35.2 Å². The fourth-order valence-electron chi connectivity index (χ4n) is 5.48. The molecule has 0 aliphatic carbocycles. The number of methoxy groups -OCH3 is 3. The average molecular weight is 684 g/mol. The maximum absolute atomic E-state index is 14.0. The van der Waals surface area contributed by atoms with Crippen molar-refractivity contribution < 1.29 is 42.9 Å². The summed E-state index contributed by atoms with van der Waals surface area (Å²) < 4.78 is 21.5. The maximum atomic E-state index is 14.0. The smallest absolute Gasteiger partial charge is 0.407 e. The van der Waals surface area contributed by atoms with Crippen LogP contribution < -0.4 is 31.2 Å². The van der Waals surface area contributed by atoms with E-state index in [9.17, 15) is 24.0 Å². The number of carbonyl (C=O) groups excluding carboxylic acids is 5. The number of nitrogens with zero attached hydrogens (tertiary/aromatic N) is 1. The van der Waals surface area contributed by atoms with Crippen molar-refractivity contribution in [2.24, 2.45) is 5.73 Å². The Kier molecular flexibility index (Phi) is 13.4. The maximum Gasteiger partial charge on any atom is 0.407 e. The number of ether oxygens (including phenoxy) is 4. The zero-order valence-corrected chi connectivity index (χ0v) is 29.5. The number of unbranched alkanes of at least 4 members (excludes halogenated alkanes) is 1. The summed E-state index contributed by atoms with van der Waals surface area (Å²) in [5.74, 6) is -1.45. The molecule has 2 aromatic carbocycles. The average Bonchev–Trinajstić information content (AvgIpc) is 3.05. The van der Waals surface area contributed by atoms with Crippen LogP contribution in [0.4, 0.5) is 4.79 Å². The number of likely N-dealkylation sites (N-methyl/N-ethyl adjacent to an activating group) is 1. The molecule has 1 aliphatic rings. The molecule has 4 amide bonds. The lowest BCUT2D eigenvalue weighted by Crippen LogP contribution is -2.54. The molecular weight excluding hydrogens is 634 g/mol. The number of esters is 1. The highest BCUT2D eigenvalue weighted by Crippen LogP contribution is 2.39. The Labute approximate surface area is 287 Å². The number of nitrogens with two attached hydrogens (primary N) is 1. The van der Waals surface area contributed by atoms with Gasteiger partial charge < -0.3 is 45.5 Å². The lowest BCUT2D eigenvalue weighted by molar-refractivity contribution is -0.145. The fourth-order valence-corrected chi connectivity index (χ4v) is 5.48. The molecule has 1 heterocycles. The van der Waals surface area contributed by atoms with Crippen LogP contribution in [0.2, 0.25) is 0 Å². The Hall–Kier alpha value is -4.85. The van der Waals surface area contributed by atoms with Gasteiger partial charge in [-0.3, -0.25) is 14.4 Å². The van der Waals surface area contributed by atoms with E-state index in [2.05, 4.69) is 16.0 Å². The number of benzene rings is 2. The molecule has 4 unspecified atom stereocenters. The van der Waals surface area contributed by atoms with Crippen molar-refractivity contribution in [3.8, 4) is 22.6 Å². The number of carbonyl (C=O) groups is 5. The Morgan fingerprint density at radius 3 is 2.20 bits per heavy atom. The van der Waals surface area contributed by atoms with Gasteiger partial charge in [-0.25, -0.2) is 9.59 Å². The SMILES string of the molecule is COC(=O)C1Cc2ccc(OC)c(c2)-c2cc(ccc2OC)C(N(C)C(=O)C(N)CCCCNC(=O)OC(C)(C)C)C(=O)NC(C)C(=O)N1. The molecule has 4 bridgehead atoms. The monoisotopic (exact) mass is 683 g/mol. The van der Waals surface area contributed by atoms with E-state index in [0.717, 1.165) is 0 Å². The summed E-state index contributed by atoms with van der Waals surface area (Å²) in [5, 5.41) is 8.05. The van der Waals surface area contributed by atoms with E-state index >= 15 is 0 Å². The fraction of sp³-hybridized carbons (Fsp3) is 0.514. The van der Waals surface area contributed by atoms with Gasteiger partial charge in [0.15, 0.2) is 0 Å². The minimum Gasteiger partial charge on any atom is -0.496 e. The highest BCUT2D eigenvalue weighted by atomic mass is 16.6. The van der Waals surface area contributed by atoms with E-state index < -0.39 is 59.6 Å². The lowest BCUT2D eigenvalue weighted by Gasteiger charge is -2.31. The molecule has 0 saturated heterocycles. The van der Waals surface area contributed by atoms with E-state index in [1.54, 1.807) is 51.1 Å². The Morgan fingerprint density at radius 2 is 1.59 bits per heavy atom. The van der Waals surface area contributed by atoms with Crippen LogP contribution >= 0.6 is 0 Å². The van der Waals surface area contributed by atoms with E-state index in [0.29, 0.717) is 59.6 Å². The van der Waals surface area contributed by atoms with Crippen LogP contribution in [0.5, 0.6) is 11.5 Å². The van der Waals surface area contributed by atoms with Crippen molar-refractivity contribution in [3.63, 3.8) is 0 Å². The second-order valence-corrected chi connectivity index (χ2v) is 12.9. The molecule has 2 aromatic rings. The quantitative estimate of drug-likeness (QED) is 0.214. The van der Waals surface area contributed by atoms with Crippen LogP contribution in [0, 0.1) is 0 Å². The number of fused-ring (bicyclic) bond motifs is 5. The number of amides is 4. The first-order valence-corrected chi connectivity index (χ1v) is 16.1. The summed E-state index contributed by atoms with van der Waals surface area (Å²) in [4.78, 5) is 66.8. The third-order valence-electron chi connectivity index (χ3n) is 8.00. The molecule has 14 nitrogen and oxygen atoms in total. The minimum absolute atomic E-state index is 0.104. The minimum atomic E-state index is -1.21. The van der Waals surface area contributed by atoms with Crippen LogP contribution in [0.1, 0.15) is 64.1 Å². The van der Waals surface area contributed by atoms with Crippen molar-refractivity contribution in [3.05, 3.63) is 47.5 Å². The van der Waals surface area contributed by atoms with E-state index in [1.807, 2.05) is 6.07 Å². The number of hydrogen-bond donors (Lipinski definition) is 4. The summed E-state index contributed by atoms with van der Waals surface area (Å²) >= 11 is 0. The standard InChI is InChI=1S/C35H49N5O9/c1-20-30(41)39-26(33(44)48-8)18-21-12-14-27(46-6)23(17-21)24-19-22(13-15-28(24)47-7)29(31(42)38-20)40(5)32(43)25(36)11-9-10-16-37-34(45)49-35(2,3)4/h12-15,17,19-20,25-26,29H,9-11,16,18,36H2,1-8H3,(H,37,45)(H,38,42)(H,39,41). The summed E-state index contributed by atoms with van der Waals surface area (Å²) in [5.41, 5.74) is 8.02. The number of alkyl carbamates (subject to hydrolysis) is 1. The predicted molar refractivity (Wildman–Crippen MR) is 182 cm³/mol. The highest BCUT2D eigenvalue weighted by molar-refractivity contribution is 5.95. The van der Waals surface area contributed by atoms with E-state index in [-0.39, 0.29) is 6.42 Å². The highest BCUT2D eigenvalue weighted by Gasteiger charge is 2.34. The van der Waals surface area contributed by atoms with Gasteiger partial charge in [0, 0.05) is 31.1 Å². The van der Waals surface area contributed by atoms with Crippen LogP contribution in [-0.4, -0.2) is 93.3 Å². The first kappa shape index (κ1) is 38.6. The molecule has 268 valence electrons. The van der Waals surface area contributed by atoms with Gasteiger partial charge >= 0.3 is 12.1 Å². The van der Waals surface area contributed by atoms with Crippen molar-refractivity contribution >= 4 is 29.8 Å². The zero-order chi connectivity index (χ0) is 36.5. The van der Waals surface area contributed by atoms with Crippen LogP contribution in [0.25, 0.3) is 11.1 Å². The molecule has 14 heteroatoms. The molecule has 1 aliphatic heterocycles. The largest absolute Gasteiger partial charge is 0.496 e. The van der Waals surface area contributed by atoms with Gasteiger partial charge in [-0.1, -0.05) is 12.1 Å². The van der Waals surface area contributed by atoms with Crippen LogP contribution in [-0.2, 0) is 35.1 Å². The molecular formula is C35H49N5O9. The Balaban J connectivity index is 1.97. The van der Waals surface area contributed by atoms with Gasteiger partial charge in [0.05, 0.1) is 27.4 Å². The second-order valence-electron chi connectivity index (χ2n) is 12.9. The molecule has 0 spiro atoms. The topological polar surface area (TPSA) is 188 Å². The van der Waals surface area contributed by atoms with E-state index in [1.165, 1.54) is 40.2 Å². The Morgan fingerprint density at radius 1 is 0.959 bits per heavy atom. The number of rotatable bonds is 10. The van der Waals surface area contributed by atoms with Gasteiger partial charge in [-0.15, -0.1) is 0 Å². The molecule has 4 atom stereocenters. The Bertz CT molecular complexity index is 1520. The molecule has 0 fully saturated rings. The molecule has 0 radical (unpaired) electrons. The van der Waals surface area contributed by atoms with Gasteiger partial charge in [0.25, 0.3) is 0 Å².